The highest BCUT2D eigenvalue weighted by Gasteiger charge is 2.26. The summed E-state index contributed by atoms with van der Waals surface area (Å²) >= 11 is 0. The van der Waals surface area contributed by atoms with Gasteiger partial charge in [0.1, 0.15) is 0 Å². The minimum absolute atomic E-state index is 0.0588. The zero-order chi connectivity index (χ0) is 20.3. The van der Waals surface area contributed by atoms with Crippen LogP contribution in [0.15, 0.2) is 30.5 Å². The molecule has 1 N–H and O–H groups in total. The third-order valence-electron chi connectivity index (χ3n) is 5.28. The van der Waals surface area contributed by atoms with Gasteiger partial charge in [-0.1, -0.05) is 32.9 Å². The lowest BCUT2D eigenvalue weighted by Gasteiger charge is -2.24. The zero-order valence-corrected chi connectivity index (χ0v) is 17.1. The molecule has 0 aliphatic heterocycles. The summed E-state index contributed by atoms with van der Waals surface area (Å²) in [6, 6.07) is 8.45. The molecular weight excluding hydrogens is 354 g/mol. The Morgan fingerprint density at radius 3 is 2.57 bits per heavy atom. The van der Waals surface area contributed by atoms with E-state index in [9.17, 15) is 9.59 Å². The smallest absolute Gasteiger partial charge is 0.306 e. The summed E-state index contributed by atoms with van der Waals surface area (Å²) < 4.78 is 6.58. The first-order chi connectivity index (χ1) is 13.3. The fourth-order valence-electron chi connectivity index (χ4n) is 3.62. The Labute approximate surface area is 166 Å². The summed E-state index contributed by atoms with van der Waals surface area (Å²) in [4.78, 5) is 23.4. The Morgan fingerprint density at radius 1 is 1.21 bits per heavy atom. The van der Waals surface area contributed by atoms with Crippen LogP contribution in [-0.2, 0) is 26.2 Å². The van der Waals surface area contributed by atoms with Gasteiger partial charge in [0.2, 0.25) is 5.91 Å². The summed E-state index contributed by atoms with van der Waals surface area (Å²) in [5.41, 5.74) is 4.65. The molecule has 1 heterocycles. The Morgan fingerprint density at radius 2 is 1.93 bits per heavy atom. The molecule has 1 amide bonds. The van der Waals surface area contributed by atoms with E-state index in [1.807, 2.05) is 10.9 Å². The van der Waals surface area contributed by atoms with Gasteiger partial charge in [-0.05, 0) is 42.4 Å². The Bertz CT molecular complexity index is 847. The van der Waals surface area contributed by atoms with E-state index >= 15 is 0 Å². The SMILES string of the molecule is COC(=O)CCC(=O)N[C@H]1CCCc2c1cnn2-c1ccc(C(C)(C)C)cc1. The largest absolute Gasteiger partial charge is 0.469 e. The molecule has 0 bridgehead atoms. The van der Waals surface area contributed by atoms with E-state index in [1.54, 1.807) is 0 Å². The Balaban J connectivity index is 1.75. The van der Waals surface area contributed by atoms with E-state index in [1.165, 1.54) is 12.7 Å². The van der Waals surface area contributed by atoms with E-state index in [4.69, 9.17) is 0 Å². The van der Waals surface area contributed by atoms with E-state index in [-0.39, 0.29) is 36.2 Å². The van der Waals surface area contributed by atoms with Crippen molar-refractivity contribution in [3.05, 3.63) is 47.3 Å². The zero-order valence-electron chi connectivity index (χ0n) is 17.1. The Kier molecular flexibility index (Phi) is 5.87. The van der Waals surface area contributed by atoms with Crippen molar-refractivity contribution in [1.29, 1.82) is 0 Å². The molecule has 0 saturated carbocycles. The first kappa shape index (κ1) is 20.1. The van der Waals surface area contributed by atoms with Crippen LogP contribution in [0.5, 0.6) is 0 Å². The molecule has 6 nitrogen and oxygen atoms in total. The highest BCUT2D eigenvalue weighted by atomic mass is 16.5. The van der Waals surface area contributed by atoms with Crippen molar-refractivity contribution in [1.82, 2.24) is 15.1 Å². The molecule has 3 rings (SSSR count). The van der Waals surface area contributed by atoms with E-state index in [0.29, 0.717) is 0 Å². The number of rotatable bonds is 5. The third kappa shape index (κ3) is 4.43. The van der Waals surface area contributed by atoms with Crippen molar-refractivity contribution < 1.29 is 14.3 Å². The quantitative estimate of drug-likeness (QED) is 0.801. The van der Waals surface area contributed by atoms with Gasteiger partial charge in [0.15, 0.2) is 0 Å². The standard InChI is InChI=1S/C22H29N3O3/c1-22(2,3)15-8-10-16(11-9-15)25-19-7-5-6-18(17(19)14-23-25)24-20(26)12-13-21(27)28-4/h8-11,14,18H,5-7,12-13H2,1-4H3,(H,24,26)/t18-/m0/s1. The van der Waals surface area contributed by atoms with E-state index < -0.39 is 0 Å². The number of benzene rings is 1. The van der Waals surface area contributed by atoms with Crippen LogP contribution in [-0.4, -0.2) is 28.8 Å². The molecule has 150 valence electrons. The van der Waals surface area contributed by atoms with Crippen molar-refractivity contribution in [2.75, 3.05) is 7.11 Å². The molecular formula is C22H29N3O3. The van der Waals surface area contributed by atoms with Crippen molar-refractivity contribution >= 4 is 11.9 Å². The predicted octanol–water partition coefficient (Wildman–Crippen LogP) is 3.62. The van der Waals surface area contributed by atoms with Crippen molar-refractivity contribution in [3.63, 3.8) is 0 Å². The van der Waals surface area contributed by atoms with Crippen LogP contribution >= 0.6 is 0 Å². The van der Waals surface area contributed by atoms with E-state index in [0.717, 1.165) is 36.2 Å². The van der Waals surface area contributed by atoms with Gasteiger partial charge < -0.3 is 10.1 Å². The fourth-order valence-corrected chi connectivity index (χ4v) is 3.62. The molecule has 0 spiro atoms. The molecule has 1 atom stereocenters. The van der Waals surface area contributed by atoms with Crippen LogP contribution in [0.4, 0.5) is 0 Å². The van der Waals surface area contributed by atoms with E-state index in [2.05, 4.69) is 60.2 Å². The number of carbonyl (C=O) groups excluding carboxylic acids is 2. The maximum Gasteiger partial charge on any atom is 0.306 e. The fraction of sp³-hybridized carbons (Fsp3) is 0.500. The average molecular weight is 383 g/mol. The van der Waals surface area contributed by atoms with Crippen molar-refractivity contribution in [2.24, 2.45) is 0 Å². The molecule has 28 heavy (non-hydrogen) atoms. The molecule has 1 aliphatic rings. The van der Waals surface area contributed by atoms with Crippen LogP contribution in [0.2, 0.25) is 0 Å². The molecule has 0 unspecified atom stereocenters. The van der Waals surface area contributed by atoms with Crippen LogP contribution in [0.3, 0.4) is 0 Å². The normalized spacial score (nSPS) is 16.4. The summed E-state index contributed by atoms with van der Waals surface area (Å²) in [6.07, 6.45) is 4.90. The van der Waals surface area contributed by atoms with Crippen LogP contribution < -0.4 is 5.32 Å². The highest BCUT2D eigenvalue weighted by molar-refractivity contribution is 5.81. The summed E-state index contributed by atoms with van der Waals surface area (Å²) in [5.74, 6) is -0.503. The lowest BCUT2D eigenvalue weighted by Crippen LogP contribution is -2.31. The monoisotopic (exact) mass is 383 g/mol. The van der Waals surface area contributed by atoms with Gasteiger partial charge >= 0.3 is 5.97 Å². The Hall–Kier alpha value is -2.63. The number of aromatic nitrogens is 2. The highest BCUT2D eigenvalue weighted by Crippen LogP contribution is 2.31. The molecule has 1 aliphatic carbocycles. The van der Waals surface area contributed by atoms with Gasteiger partial charge in [-0.25, -0.2) is 4.68 Å². The number of hydrogen-bond acceptors (Lipinski definition) is 4. The van der Waals surface area contributed by atoms with Crippen LogP contribution in [0.1, 0.15) is 69.3 Å². The first-order valence-corrected chi connectivity index (χ1v) is 9.83. The maximum atomic E-state index is 12.2. The number of nitrogens with zero attached hydrogens (tertiary/aromatic N) is 2. The first-order valence-electron chi connectivity index (χ1n) is 9.83. The number of nitrogens with one attached hydrogen (secondary N) is 1. The second-order valence-corrected chi connectivity index (χ2v) is 8.34. The van der Waals surface area contributed by atoms with Crippen LogP contribution in [0.25, 0.3) is 5.69 Å². The number of fused-ring (bicyclic) bond motifs is 1. The lowest BCUT2D eigenvalue weighted by atomic mass is 9.87. The number of ether oxygens (including phenoxy) is 1. The molecule has 6 heteroatoms. The van der Waals surface area contributed by atoms with Gasteiger partial charge in [-0.2, -0.15) is 5.10 Å². The van der Waals surface area contributed by atoms with Gasteiger partial charge in [0.25, 0.3) is 0 Å². The summed E-state index contributed by atoms with van der Waals surface area (Å²) in [6.45, 7) is 6.60. The average Bonchev–Trinajstić information content (AvgIpc) is 3.10. The number of esters is 1. The maximum absolute atomic E-state index is 12.2. The molecule has 0 radical (unpaired) electrons. The van der Waals surface area contributed by atoms with Gasteiger partial charge in [-0.15, -0.1) is 0 Å². The van der Waals surface area contributed by atoms with Gasteiger partial charge in [0.05, 0.1) is 31.5 Å². The molecule has 1 aromatic carbocycles. The van der Waals surface area contributed by atoms with Crippen molar-refractivity contribution in [3.8, 4) is 5.69 Å². The van der Waals surface area contributed by atoms with Crippen molar-refractivity contribution in [2.45, 2.75) is 64.3 Å². The number of amides is 1. The third-order valence-corrected chi connectivity index (χ3v) is 5.28. The van der Waals surface area contributed by atoms with Gasteiger partial charge in [-0.3, -0.25) is 9.59 Å². The second-order valence-electron chi connectivity index (χ2n) is 8.34. The number of hydrogen-bond donors (Lipinski definition) is 1. The molecule has 0 saturated heterocycles. The predicted molar refractivity (Wildman–Crippen MR) is 107 cm³/mol. The topological polar surface area (TPSA) is 73.2 Å². The minimum atomic E-state index is -0.369. The molecule has 0 fully saturated rings. The summed E-state index contributed by atoms with van der Waals surface area (Å²) in [7, 11) is 1.33. The molecule has 1 aromatic heterocycles. The number of carbonyl (C=O) groups is 2. The lowest BCUT2D eigenvalue weighted by molar-refractivity contribution is -0.142. The summed E-state index contributed by atoms with van der Waals surface area (Å²) in [5, 5.41) is 7.64. The molecule has 2 aromatic rings. The minimum Gasteiger partial charge on any atom is -0.469 e. The second kappa shape index (κ2) is 8.17. The van der Waals surface area contributed by atoms with Gasteiger partial charge in [0, 0.05) is 17.7 Å². The van der Waals surface area contributed by atoms with Crippen LogP contribution in [0, 0.1) is 0 Å². The number of methoxy groups -OCH3 is 1.